The molecule has 5 rings (SSSR count). The van der Waals surface area contributed by atoms with Crippen LogP contribution in [0, 0.1) is 6.92 Å². The lowest BCUT2D eigenvalue weighted by Crippen LogP contribution is -2.50. The van der Waals surface area contributed by atoms with Gasteiger partial charge in [0.25, 0.3) is 0 Å². The van der Waals surface area contributed by atoms with Crippen molar-refractivity contribution in [1.82, 2.24) is 10.2 Å². The second-order valence-corrected chi connectivity index (χ2v) is 11.9. The highest BCUT2D eigenvalue weighted by molar-refractivity contribution is 7.80. The van der Waals surface area contributed by atoms with E-state index in [0.717, 1.165) is 21.7 Å². The summed E-state index contributed by atoms with van der Waals surface area (Å²) in [6.07, 6.45) is -0.725. The predicted octanol–water partition coefficient (Wildman–Crippen LogP) is 6.38. The quantitative estimate of drug-likeness (QED) is 0.355. The van der Waals surface area contributed by atoms with E-state index in [-0.39, 0.29) is 18.6 Å². The van der Waals surface area contributed by atoms with Gasteiger partial charge < -0.3 is 24.6 Å². The maximum Gasteiger partial charge on any atom is 0.410 e. The van der Waals surface area contributed by atoms with E-state index in [1.807, 2.05) is 58.0 Å². The van der Waals surface area contributed by atoms with E-state index in [0.29, 0.717) is 32.7 Å². The molecule has 7 nitrogen and oxygen atoms in total. The van der Waals surface area contributed by atoms with Crippen LogP contribution < -0.4 is 10.2 Å². The first-order valence-corrected chi connectivity index (χ1v) is 14.2. The Bertz CT molecular complexity index is 1360. The fraction of sp³-hybridized carbons (Fsp3) is 0.375. The van der Waals surface area contributed by atoms with E-state index >= 15 is 0 Å². The zero-order valence-corrected chi connectivity index (χ0v) is 24.5. The van der Waals surface area contributed by atoms with Crippen molar-refractivity contribution in [2.24, 2.45) is 0 Å². The zero-order valence-electron chi connectivity index (χ0n) is 23.6. The Morgan fingerprint density at radius 2 is 1.55 bits per heavy atom. The minimum atomic E-state index is -0.513. The van der Waals surface area contributed by atoms with Crippen molar-refractivity contribution in [1.29, 1.82) is 0 Å². The summed E-state index contributed by atoms with van der Waals surface area (Å²) in [6.45, 7) is 10.8. The molecule has 2 aliphatic rings. The molecule has 1 heterocycles. The summed E-state index contributed by atoms with van der Waals surface area (Å²) in [5.74, 6) is 0.0200. The van der Waals surface area contributed by atoms with Crippen LogP contribution >= 0.6 is 12.6 Å². The zero-order chi connectivity index (χ0) is 28.4. The average molecular weight is 560 g/mol. The summed E-state index contributed by atoms with van der Waals surface area (Å²) in [5.41, 5.74) is 7.27. The summed E-state index contributed by atoms with van der Waals surface area (Å²) in [7, 11) is 0. The van der Waals surface area contributed by atoms with E-state index in [2.05, 4.69) is 40.5 Å². The Balaban J connectivity index is 1.18. The third kappa shape index (κ3) is 6.07. The van der Waals surface area contributed by atoms with Crippen LogP contribution in [0.2, 0.25) is 0 Å². The monoisotopic (exact) mass is 559 g/mol. The molecule has 210 valence electrons. The third-order valence-corrected chi connectivity index (χ3v) is 8.00. The number of anilines is 1. The molecule has 3 aromatic carbocycles. The van der Waals surface area contributed by atoms with E-state index in [1.165, 1.54) is 22.3 Å². The first-order valence-electron chi connectivity index (χ1n) is 13.7. The number of nitrogens with zero attached hydrogens (tertiary/aromatic N) is 2. The van der Waals surface area contributed by atoms with Gasteiger partial charge in [-0.2, -0.15) is 0 Å². The first-order chi connectivity index (χ1) is 19.1. The van der Waals surface area contributed by atoms with Crippen molar-refractivity contribution in [3.63, 3.8) is 0 Å². The molecule has 0 bridgehead atoms. The molecule has 8 heteroatoms. The fourth-order valence-electron chi connectivity index (χ4n) is 5.40. The summed E-state index contributed by atoms with van der Waals surface area (Å²) in [4.78, 5) is 30.0. The smallest absolute Gasteiger partial charge is 0.410 e. The molecule has 0 saturated carbocycles. The third-order valence-electron chi connectivity index (χ3n) is 7.54. The number of hydrogen-bond acceptors (Lipinski definition) is 6. The van der Waals surface area contributed by atoms with Gasteiger partial charge in [-0.05, 0) is 73.2 Å². The van der Waals surface area contributed by atoms with E-state index in [1.54, 1.807) is 4.90 Å². The highest BCUT2D eigenvalue weighted by atomic mass is 32.1. The number of fused-ring (bicyclic) bond motifs is 3. The van der Waals surface area contributed by atoms with Gasteiger partial charge in [-0.3, -0.25) is 0 Å². The van der Waals surface area contributed by atoms with Gasteiger partial charge in [0, 0.05) is 49.2 Å². The number of piperazine rings is 1. The second-order valence-electron chi connectivity index (χ2n) is 11.4. The maximum atomic E-state index is 12.8. The van der Waals surface area contributed by atoms with E-state index in [4.69, 9.17) is 22.1 Å². The highest BCUT2D eigenvalue weighted by Crippen LogP contribution is 2.44. The van der Waals surface area contributed by atoms with Crippen molar-refractivity contribution in [3.05, 3.63) is 82.9 Å². The van der Waals surface area contributed by atoms with Gasteiger partial charge in [-0.1, -0.05) is 48.5 Å². The molecule has 40 heavy (non-hydrogen) atoms. The topological polar surface area (TPSA) is 71.1 Å². The van der Waals surface area contributed by atoms with Crippen molar-refractivity contribution in [2.45, 2.75) is 50.7 Å². The number of nitrogens with one attached hydrogen (secondary N) is 1. The molecule has 1 N–H and O–H groups in total. The molecule has 0 aromatic heterocycles. The molecule has 2 amide bonds. The lowest BCUT2D eigenvalue weighted by Gasteiger charge is -2.37. The van der Waals surface area contributed by atoms with Crippen LogP contribution in [0.1, 0.15) is 48.9 Å². The van der Waals surface area contributed by atoms with Crippen LogP contribution in [-0.2, 0) is 16.0 Å². The molecule has 1 aliphatic carbocycles. The minimum Gasteiger partial charge on any atom is -0.449 e. The van der Waals surface area contributed by atoms with Gasteiger partial charge in [-0.25, -0.2) is 9.59 Å². The number of carbonyl (C=O) groups is 2. The molecule has 0 atom stereocenters. The number of rotatable bonds is 5. The Labute approximate surface area is 241 Å². The summed E-state index contributed by atoms with van der Waals surface area (Å²) >= 11 is 4.70. The average Bonchev–Trinajstić information content (AvgIpc) is 3.25. The number of ether oxygens (including phenoxy) is 2. The number of carbonyl (C=O) groups excluding carboxylic acids is 2. The lowest BCUT2D eigenvalue weighted by molar-refractivity contribution is 0.0240. The molecular weight excluding hydrogens is 522 g/mol. The van der Waals surface area contributed by atoms with Gasteiger partial charge in [-0.15, -0.1) is 12.6 Å². The van der Waals surface area contributed by atoms with Gasteiger partial charge in [0.1, 0.15) is 12.2 Å². The summed E-state index contributed by atoms with van der Waals surface area (Å²) in [5, 5.41) is 2.93. The normalized spacial score (nSPS) is 14.9. The summed E-state index contributed by atoms with van der Waals surface area (Å²) < 4.78 is 11.2. The Morgan fingerprint density at radius 1 is 0.950 bits per heavy atom. The van der Waals surface area contributed by atoms with Gasteiger partial charge in [0.05, 0.1) is 0 Å². The minimum absolute atomic E-state index is 0.0200. The summed E-state index contributed by atoms with van der Waals surface area (Å²) in [6, 6.07) is 20.7. The van der Waals surface area contributed by atoms with Crippen LogP contribution in [0.3, 0.4) is 0 Å². The number of benzene rings is 3. The molecule has 3 aromatic rings. The Hall–Kier alpha value is -3.65. The Morgan fingerprint density at radius 3 is 2.15 bits per heavy atom. The van der Waals surface area contributed by atoms with Crippen LogP contribution in [-0.4, -0.2) is 55.5 Å². The highest BCUT2D eigenvalue weighted by Gasteiger charge is 2.29. The predicted molar refractivity (Wildman–Crippen MR) is 160 cm³/mol. The standard InChI is InChI=1S/C32H37N3O4S/c1-21-22(17-23(18-29(21)40)34-13-15-35(16-14-34)31(37)39-32(2,3)4)19-33-30(36)38-20-28-26-11-7-5-9-24(26)25-10-6-8-12-27(25)28/h5-12,17-18,28,40H,13-16,19-20H2,1-4H3,(H,33,36). The largest absolute Gasteiger partial charge is 0.449 e. The molecule has 1 fully saturated rings. The molecule has 1 aliphatic heterocycles. The first kappa shape index (κ1) is 27.9. The van der Waals surface area contributed by atoms with E-state index in [9.17, 15) is 9.59 Å². The fourth-order valence-corrected chi connectivity index (χ4v) is 5.67. The number of alkyl carbamates (subject to hydrolysis) is 1. The number of hydrogen-bond donors (Lipinski definition) is 2. The van der Waals surface area contributed by atoms with Crippen molar-refractivity contribution < 1.29 is 19.1 Å². The van der Waals surface area contributed by atoms with Crippen molar-refractivity contribution in [3.8, 4) is 11.1 Å². The van der Waals surface area contributed by atoms with Crippen LogP contribution in [0.25, 0.3) is 11.1 Å². The number of amides is 2. The van der Waals surface area contributed by atoms with Gasteiger partial charge in [0.15, 0.2) is 0 Å². The van der Waals surface area contributed by atoms with E-state index < -0.39 is 11.7 Å². The Kier molecular flexibility index (Phi) is 7.99. The molecular formula is C32H37N3O4S. The van der Waals surface area contributed by atoms with Crippen molar-refractivity contribution >= 4 is 30.5 Å². The van der Waals surface area contributed by atoms with Gasteiger partial charge in [0.2, 0.25) is 0 Å². The van der Waals surface area contributed by atoms with Crippen LogP contribution in [0.15, 0.2) is 65.6 Å². The lowest BCUT2D eigenvalue weighted by atomic mass is 9.98. The van der Waals surface area contributed by atoms with Gasteiger partial charge >= 0.3 is 12.2 Å². The molecule has 0 radical (unpaired) electrons. The van der Waals surface area contributed by atoms with Crippen LogP contribution in [0.5, 0.6) is 0 Å². The SMILES string of the molecule is Cc1c(S)cc(N2CCN(C(=O)OC(C)(C)C)CC2)cc1CNC(=O)OCC1c2ccccc2-c2ccccc21. The second kappa shape index (κ2) is 11.5. The number of thiol groups is 1. The maximum absolute atomic E-state index is 12.8. The van der Waals surface area contributed by atoms with Crippen LogP contribution in [0.4, 0.5) is 15.3 Å². The molecule has 1 saturated heterocycles. The molecule has 0 unspecified atom stereocenters. The molecule has 0 spiro atoms. The van der Waals surface area contributed by atoms with Crippen molar-refractivity contribution in [2.75, 3.05) is 37.7 Å².